The number of carbonyl (C=O) groups is 2. The quantitative estimate of drug-likeness (QED) is 0.685. The van der Waals surface area contributed by atoms with Crippen LogP contribution in [0.2, 0.25) is 0 Å². The molecule has 24 heavy (non-hydrogen) atoms. The largest absolute Gasteiger partial charge is 0.367 e. The van der Waals surface area contributed by atoms with Crippen LogP contribution >= 0.6 is 0 Å². The molecule has 6 unspecified atom stereocenters. The molecule has 124 valence electrons. The van der Waals surface area contributed by atoms with E-state index in [1.54, 1.807) is 0 Å². The smallest absolute Gasteiger partial charge is 0.235 e. The highest BCUT2D eigenvalue weighted by molar-refractivity contribution is 6.06. The summed E-state index contributed by atoms with van der Waals surface area (Å²) in [7, 11) is 0. The Hall–Kier alpha value is -2.10. The zero-order valence-electron chi connectivity index (χ0n) is 13.8. The minimum absolute atomic E-state index is 0.0381. The Kier molecular flexibility index (Phi) is 2.94. The zero-order chi connectivity index (χ0) is 16.4. The van der Waals surface area contributed by atoms with E-state index in [0.717, 1.165) is 12.1 Å². The molecule has 6 atom stereocenters. The average molecular weight is 322 g/mol. The van der Waals surface area contributed by atoms with Crippen LogP contribution in [-0.2, 0) is 16.0 Å². The first-order valence-electron chi connectivity index (χ1n) is 9.06. The Bertz CT molecular complexity index is 720. The van der Waals surface area contributed by atoms with Crippen molar-refractivity contribution in [2.24, 2.45) is 35.5 Å². The molecule has 1 aromatic carbocycles. The van der Waals surface area contributed by atoms with Gasteiger partial charge in [0.15, 0.2) is 0 Å². The minimum Gasteiger partial charge on any atom is -0.367 e. The maximum atomic E-state index is 12.9. The standard InChI is InChI=1S/C20H22N2O2/c1-2-11-5-3-4-6-16(11)21-10-22-19(23)17-12-7-8-13(15-9-14(12)15)18(17)20(22)24/h3-8,12-15,17-18,21H,2,9-10H2,1H3. The number of para-hydroxylation sites is 1. The van der Waals surface area contributed by atoms with Crippen molar-refractivity contribution in [3.8, 4) is 0 Å². The van der Waals surface area contributed by atoms with Gasteiger partial charge in [-0.1, -0.05) is 37.3 Å². The topological polar surface area (TPSA) is 49.4 Å². The van der Waals surface area contributed by atoms with Gasteiger partial charge in [-0.05, 0) is 48.1 Å². The molecule has 4 heteroatoms. The molecule has 0 spiro atoms. The Labute approximate surface area is 141 Å². The number of likely N-dealkylation sites (tertiary alicyclic amines) is 1. The second-order valence-electron chi connectivity index (χ2n) is 7.60. The fourth-order valence-electron chi connectivity index (χ4n) is 5.34. The van der Waals surface area contributed by atoms with Crippen LogP contribution in [-0.4, -0.2) is 23.4 Å². The van der Waals surface area contributed by atoms with Crippen molar-refractivity contribution in [3.63, 3.8) is 0 Å². The average Bonchev–Trinajstić information content (AvgIpc) is 3.39. The molecule has 4 aliphatic carbocycles. The molecular weight excluding hydrogens is 300 g/mol. The molecule has 1 aliphatic heterocycles. The van der Waals surface area contributed by atoms with Crippen molar-refractivity contribution in [2.45, 2.75) is 19.8 Å². The van der Waals surface area contributed by atoms with Gasteiger partial charge in [0.1, 0.15) is 0 Å². The van der Waals surface area contributed by atoms with E-state index in [1.807, 2.05) is 18.2 Å². The summed E-state index contributed by atoms with van der Waals surface area (Å²) in [5.74, 6) is 1.80. The van der Waals surface area contributed by atoms with E-state index < -0.39 is 0 Å². The van der Waals surface area contributed by atoms with Gasteiger partial charge >= 0.3 is 0 Å². The van der Waals surface area contributed by atoms with Crippen LogP contribution in [0, 0.1) is 35.5 Å². The van der Waals surface area contributed by atoms with Crippen LogP contribution in [0.1, 0.15) is 18.9 Å². The van der Waals surface area contributed by atoms with Gasteiger partial charge in [-0.2, -0.15) is 0 Å². The summed E-state index contributed by atoms with van der Waals surface area (Å²) in [5.41, 5.74) is 2.22. The van der Waals surface area contributed by atoms with Gasteiger partial charge in [0, 0.05) is 5.69 Å². The summed E-state index contributed by atoms with van der Waals surface area (Å²) in [5, 5.41) is 3.31. The molecule has 0 aromatic heterocycles. The van der Waals surface area contributed by atoms with Gasteiger partial charge < -0.3 is 5.32 Å². The molecule has 2 bridgehead atoms. The van der Waals surface area contributed by atoms with Crippen LogP contribution in [0.4, 0.5) is 5.69 Å². The highest BCUT2D eigenvalue weighted by Crippen LogP contribution is 2.65. The monoisotopic (exact) mass is 322 g/mol. The zero-order valence-corrected chi connectivity index (χ0v) is 13.8. The van der Waals surface area contributed by atoms with E-state index in [-0.39, 0.29) is 30.3 Å². The molecule has 1 aromatic rings. The summed E-state index contributed by atoms with van der Waals surface area (Å²) >= 11 is 0. The molecule has 2 amide bonds. The first kappa shape index (κ1) is 14.3. The number of rotatable bonds is 4. The molecular formula is C20H22N2O2. The highest BCUT2D eigenvalue weighted by Gasteiger charge is 2.66. The van der Waals surface area contributed by atoms with E-state index in [4.69, 9.17) is 0 Å². The number of amides is 2. The number of hydrogen-bond donors (Lipinski definition) is 1. The van der Waals surface area contributed by atoms with Crippen molar-refractivity contribution < 1.29 is 9.59 Å². The number of imide groups is 1. The molecule has 3 fully saturated rings. The lowest BCUT2D eigenvalue weighted by Crippen LogP contribution is -2.40. The molecule has 4 nitrogen and oxygen atoms in total. The molecule has 2 saturated carbocycles. The fourth-order valence-corrected chi connectivity index (χ4v) is 5.34. The minimum atomic E-state index is -0.0977. The van der Waals surface area contributed by atoms with Gasteiger partial charge in [-0.3, -0.25) is 14.5 Å². The van der Waals surface area contributed by atoms with Crippen LogP contribution in [0.5, 0.6) is 0 Å². The normalized spacial score (nSPS) is 38.3. The molecule has 0 radical (unpaired) electrons. The number of allylic oxidation sites excluding steroid dienone is 2. The van der Waals surface area contributed by atoms with E-state index in [9.17, 15) is 9.59 Å². The number of benzene rings is 1. The van der Waals surface area contributed by atoms with Gasteiger partial charge in [0.2, 0.25) is 11.8 Å². The third-order valence-corrected chi connectivity index (χ3v) is 6.58. The Morgan fingerprint density at radius 3 is 2.29 bits per heavy atom. The van der Waals surface area contributed by atoms with Crippen molar-refractivity contribution in [2.75, 3.05) is 12.0 Å². The van der Waals surface area contributed by atoms with E-state index >= 15 is 0 Å². The third kappa shape index (κ3) is 1.80. The van der Waals surface area contributed by atoms with Gasteiger partial charge in [0.05, 0.1) is 18.5 Å². The summed E-state index contributed by atoms with van der Waals surface area (Å²) in [6.45, 7) is 2.40. The third-order valence-electron chi connectivity index (χ3n) is 6.58. The molecule has 6 rings (SSSR count). The van der Waals surface area contributed by atoms with Crippen LogP contribution < -0.4 is 5.32 Å². The van der Waals surface area contributed by atoms with Crippen molar-refractivity contribution >= 4 is 17.5 Å². The summed E-state index contributed by atoms with van der Waals surface area (Å²) in [4.78, 5) is 27.3. The number of aryl methyl sites for hydroxylation is 1. The summed E-state index contributed by atoms with van der Waals surface area (Å²) in [6, 6.07) is 8.08. The van der Waals surface area contributed by atoms with Crippen LogP contribution in [0.3, 0.4) is 0 Å². The number of nitrogens with zero attached hydrogens (tertiary/aromatic N) is 1. The van der Waals surface area contributed by atoms with Crippen molar-refractivity contribution in [3.05, 3.63) is 42.0 Å². The molecule has 1 N–H and O–H groups in total. The molecule has 1 saturated heterocycles. The van der Waals surface area contributed by atoms with Gasteiger partial charge in [-0.15, -0.1) is 0 Å². The lowest BCUT2D eigenvalue weighted by Gasteiger charge is -2.37. The van der Waals surface area contributed by atoms with Crippen molar-refractivity contribution in [1.82, 2.24) is 4.90 Å². The van der Waals surface area contributed by atoms with Crippen LogP contribution in [0.25, 0.3) is 0 Å². The first-order chi connectivity index (χ1) is 11.7. The predicted octanol–water partition coefficient (Wildman–Crippen LogP) is 2.67. The highest BCUT2D eigenvalue weighted by atomic mass is 16.2. The number of anilines is 1. The van der Waals surface area contributed by atoms with E-state index in [2.05, 4.69) is 30.5 Å². The lowest BCUT2D eigenvalue weighted by molar-refractivity contribution is -0.139. The predicted molar refractivity (Wildman–Crippen MR) is 90.9 cm³/mol. The Morgan fingerprint density at radius 1 is 1.04 bits per heavy atom. The first-order valence-corrected chi connectivity index (χ1v) is 9.06. The van der Waals surface area contributed by atoms with Crippen LogP contribution in [0.15, 0.2) is 36.4 Å². The lowest BCUT2D eigenvalue weighted by atomic mass is 9.63. The summed E-state index contributed by atoms with van der Waals surface area (Å²) in [6.07, 6.45) is 6.56. The van der Waals surface area contributed by atoms with Gasteiger partial charge in [0.25, 0.3) is 0 Å². The van der Waals surface area contributed by atoms with Gasteiger partial charge in [-0.25, -0.2) is 0 Å². The number of hydrogen-bond acceptors (Lipinski definition) is 3. The Morgan fingerprint density at radius 2 is 1.67 bits per heavy atom. The Balaban J connectivity index is 1.37. The second-order valence-corrected chi connectivity index (χ2v) is 7.60. The summed E-state index contributed by atoms with van der Waals surface area (Å²) < 4.78 is 0. The van der Waals surface area contributed by atoms with E-state index in [0.29, 0.717) is 23.7 Å². The number of carbonyl (C=O) groups excluding carboxylic acids is 2. The van der Waals surface area contributed by atoms with Crippen molar-refractivity contribution in [1.29, 1.82) is 0 Å². The second kappa shape index (κ2) is 4.95. The van der Waals surface area contributed by atoms with E-state index in [1.165, 1.54) is 16.9 Å². The maximum absolute atomic E-state index is 12.9. The fraction of sp³-hybridized carbons (Fsp3) is 0.500. The molecule has 5 aliphatic rings. The SMILES string of the molecule is CCc1ccccc1NCN1C(=O)C2C3C=CC(C4CC34)C2C1=O. The number of nitrogens with one attached hydrogen (secondary N) is 1. The molecule has 1 heterocycles. The maximum Gasteiger partial charge on any atom is 0.235 e.